The van der Waals surface area contributed by atoms with Gasteiger partial charge in [0.2, 0.25) is 11.8 Å². The maximum atomic E-state index is 13.2. The second-order valence-corrected chi connectivity index (χ2v) is 8.16. The summed E-state index contributed by atoms with van der Waals surface area (Å²) in [6.07, 6.45) is -1.96. The Morgan fingerprint density at radius 3 is 2.35 bits per heavy atom. The Morgan fingerprint density at radius 1 is 1.00 bits per heavy atom. The van der Waals surface area contributed by atoms with Crippen molar-refractivity contribution >= 4 is 17.5 Å². The van der Waals surface area contributed by atoms with Gasteiger partial charge in [-0.2, -0.15) is 18.3 Å². The highest BCUT2D eigenvalue weighted by Crippen LogP contribution is 2.33. The van der Waals surface area contributed by atoms with E-state index >= 15 is 0 Å². The van der Waals surface area contributed by atoms with Gasteiger partial charge in [0.05, 0.1) is 43.2 Å². The molecule has 2 aliphatic rings. The zero-order valence-corrected chi connectivity index (χ0v) is 18.5. The Hall–Kier alpha value is -3.03. The average Bonchev–Trinajstić information content (AvgIpc) is 3.34. The van der Waals surface area contributed by atoms with Crippen molar-refractivity contribution in [3.05, 3.63) is 36.4 Å². The summed E-state index contributed by atoms with van der Waals surface area (Å²) < 4.78 is 46.2. The first-order valence-electron chi connectivity index (χ1n) is 11.0. The largest absolute Gasteiger partial charge is 0.416 e. The SMILES string of the molecule is O=C(CN1CCN(C(=O)CN2CCOCC2)CC1)Nc1cc(C(F)(F)F)ccc1-n1cncn1. The number of nitrogens with zero attached hydrogens (tertiary/aromatic N) is 6. The molecule has 13 heteroatoms. The second kappa shape index (κ2) is 10.5. The van der Waals surface area contributed by atoms with Crippen molar-refractivity contribution < 1.29 is 27.5 Å². The molecule has 0 atom stereocenters. The molecule has 0 aliphatic carbocycles. The van der Waals surface area contributed by atoms with Crippen LogP contribution in [-0.4, -0.2) is 107 Å². The number of hydrogen-bond donors (Lipinski definition) is 1. The van der Waals surface area contributed by atoms with E-state index in [1.807, 2.05) is 4.90 Å². The van der Waals surface area contributed by atoms with Crippen LogP contribution in [0.5, 0.6) is 0 Å². The molecule has 0 unspecified atom stereocenters. The highest BCUT2D eigenvalue weighted by molar-refractivity contribution is 5.94. The molecule has 0 radical (unpaired) electrons. The number of morpholine rings is 1. The number of carbonyl (C=O) groups is 2. The van der Waals surface area contributed by atoms with Gasteiger partial charge in [0.1, 0.15) is 12.7 Å². The summed E-state index contributed by atoms with van der Waals surface area (Å²) in [5.41, 5.74) is -0.610. The predicted molar refractivity (Wildman–Crippen MR) is 115 cm³/mol. The van der Waals surface area contributed by atoms with E-state index in [1.165, 1.54) is 23.4 Å². The molecule has 4 rings (SSSR count). The van der Waals surface area contributed by atoms with Crippen molar-refractivity contribution in [1.29, 1.82) is 0 Å². The molecule has 2 amide bonds. The first kappa shape index (κ1) is 24.1. The average molecular weight is 481 g/mol. The van der Waals surface area contributed by atoms with Gasteiger partial charge in [-0.15, -0.1) is 0 Å². The molecular formula is C21H26F3N7O3. The first-order valence-corrected chi connectivity index (χ1v) is 11.0. The maximum Gasteiger partial charge on any atom is 0.416 e. The number of halogens is 3. The molecule has 1 aromatic carbocycles. The molecule has 1 aromatic heterocycles. The molecule has 3 heterocycles. The van der Waals surface area contributed by atoms with Crippen molar-refractivity contribution in [3.63, 3.8) is 0 Å². The smallest absolute Gasteiger partial charge is 0.379 e. The molecule has 2 aromatic rings. The lowest BCUT2D eigenvalue weighted by Crippen LogP contribution is -2.53. The number of ether oxygens (including phenoxy) is 1. The normalized spacial score (nSPS) is 18.1. The molecule has 0 saturated carbocycles. The van der Waals surface area contributed by atoms with Gasteiger partial charge in [-0.3, -0.25) is 19.4 Å². The van der Waals surface area contributed by atoms with Crippen LogP contribution in [0.1, 0.15) is 5.56 Å². The lowest BCUT2D eigenvalue weighted by Gasteiger charge is -2.36. The third kappa shape index (κ3) is 6.10. The van der Waals surface area contributed by atoms with Crippen molar-refractivity contribution in [3.8, 4) is 5.69 Å². The molecule has 34 heavy (non-hydrogen) atoms. The van der Waals surface area contributed by atoms with Crippen LogP contribution in [0.3, 0.4) is 0 Å². The summed E-state index contributed by atoms with van der Waals surface area (Å²) in [6.45, 7) is 5.05. The highest BCUT2D eigenvalue weighted by atomic mass is 19.4. The third-order valence-electron chi connectivity index (χ3n) is 5.82. The van der Waals surface area contributed by atoms with Crippen LogP contribution in [0.4, 0.5) is 18.9 Å². The van der Waals surface area contributed by atoms with E-state index in [0.29, 0.717) is 45.9 Å². The fourth-order valence-electron chi connectivity index (χ4n) is 3.94. The van der Waals surface area contributed by atoms with E-state index in [1.54, 1.807) is 4.90 Å². The number of amides is 2. The van der Waals surface area contributed by atoms with E-state index in [9.17, 15) is 22.8 Å². The fraction of sp³-hybridized carbons (Fsp3) is 0.524. The highest BCUT2D eigenvalue weighted by Gasteiger charge is 2.32. The summed E-state index contributed by atoms with van der Waals surface area (Å²) >= 11 is 0. The van der Waals surface area contributed by atoms with Crippen LogP contribution >= 0.6 is 0 Å². The Morgan fingerprint density at radius 2 is 1.71 bits per heavy atom. The molecule has 184 valence electrons. The minimum Gasteiger partial charge on any atom is -0.379 e. The lowest BCUT2D eigenvalue weighted by molar-refractivity contribution is -0.138. The number of benzene rings is 1. The van der Waals surface area contributed by atoms with Gasteiger partial charge in [-0.1, -0.05) is 0 Å². The molecule has 0 bridgehead atoms. The molecule has 2 aliphatic heterocycles. The Kier molecular flexibility index (Phi) is 7.44. The molecular weight excluding hydrogens is 455 g/mol. The lowest BCUT2D eigenvalue weighted by atomic mass is 10.1. The maximum absolute atomic E-state index is 13.2. The molecule has 1 N–H and O–H groups in total. The minimum absolute atomic E-state index is 0.00145. The van der Waals surface area contributed by atoms with Crippen molar-refractivity contribution in [2.45, 2.75) is 6.18 Å². The number of piperazine rings is 1. The standard InChI is InChI=1S/C21H26F3N7O3/c22-21(23,24)16-1-2-18(31-15-25-14-26-31)17(11-16)27-19(32)12-28-3-5-30(6-4-28)20(33)13-29-7-9-34-10-8-29/h1-2,11,14-15H,3-10,12-13H2,(H,27,32). The number of nitrogens with one attached hydrogen (secondary N) is 1. The van der Waals surface area contributed by atoms with Crippen LogP contribution in [0.25, 0.3) is 5.69 Å². The number of hydrogen-bond acceptors (Lipinski definition) is 7. The summed E-state index contributed by atoms with van der Waals surface area (Å²) in [4.78, 5) is 34.7. The molecule has 10 nitrogen and oxygen atoms in total. The zero-order chi connectivity index (χ0) is 24.1. The summed E-state index contributed by atoms with van der Waals surface area (Å²) in [5, 5.41) is 6.52. The topological polar surface area (TPSA) is 95.8 Å². The second-order valence-electron chi connectivity index (χ2n) is 8.16. The Bertz CT molecular complexity index is 986. The zero-order valence-electron chi connectivity index (χ0n) is 18.5. The van der Waals surface area contributed by atoms with Crippen molar-refractivity contribution in [1.82, 2.24) is 29.5 Å². The predicted octanol–water partition coefficient (Wildman–Crippen LogP) is 0.701. The fourth-order valence-corrected chi connectivity index (χ4v) is 3.94. The monoisotopic (exact) mass is 481 g/mol. The van der Waals surface area contributed by atoms with Gasteiger partial charge in [-0.25, -0.2) is 9.67 Å². The minimum atomic E-state index is -4.55. The van der Waals surface area contributed by atoms with Gasteiger partial charge >= 0.3 is 6.18 Å². The van der Waals surface area contributed by atoms with Crippen LogP contribution in [0.2, 0.25) is 0 Å². The Labute approximate surface area is 194 Å². The van der Waals surface area contributed by atoms with Gasteiger partial charge in [0, 0.05) is 39.3 Å². The molecule has 2 fully saturated rings. The quantitative estimate of drug-likeness (QED) is 0.649. The van der Waals surface area contributed by atoms with Gasteiger partial charge in [0.15, 0.2) is 0 Å². The number of carbonyl (C=O) groups excluding carboxylic acids is 2. The van der Waals surface area contributed by atoms with E-state index < -0.39 is 17.6 Å². The van der Waals surface area contributed by atoms with E-state index in [-0.39, 0.29) is 23.8 Å². The summed E-state index contributed by atoms with van der Waals surface area (Å²) in [5.74, 6) is -0.402. The van der Waals surface area contributed by atoms with Crippen LogP contribution in [-0.2, 0) is 20.5 Å². The van der Waals surface area contributed by atoms with E-state index in [2.05, 4.69) is 20.3 Å². The summed E-state index contributed by atoms with van der Waals surface area (Å²) in [7, 11) is 0. The van der Waals surface area contributed by atoms with Crippen LogP contribution in [0, 0.1) is 0 Å². The summed E-state index contributed by atoms with van der Waals surface area (Å²) in [6, 6.07) is 3.06. The van der Waals surface area contributed by atoms with Crippen molar-refractivity contribution in [2.24, 2.45) is 0 Å². The van der Waals surface area contributed by atoms with E-state index in [0.717, 1.165) is 25.2 Å². The third-order valence-corrected chi connectivity index (χ3v) is 5.82. The van der Waals surface area contributed by atoms with Gasteiger partial charge < -0.3 is 15.0 Å². The molecule has 2 saturated heterocycles. The van der Waals surface area contributed by atoms with Gasteiger partial charge in [0.25, 0.3) is 0 Å². The van der Waals surface area contributed by atoms with Crippen LogP contribution in [0.15, 0.2) is 30.9 Å². The first-order chi connectivity index (χ1) is 16.3. The van der Waals surface area contributed by atoms with Crippen LogP contribution < -0.4 is 5.32 Å². The van der Waals surface area contributed by atoms with Crippen molar-refractivity contribution in [2.75, 3.05) is 70.9 Å². The number of anilines is 1. The van der Waals surface area contributed by atoms with E-state index in [4.69, 9.17) is 4.74 Å². The number of aromatic nitrogens is 3. The number of rotatable bonds is 6. The molecule has 0 spiro atoms. The van der Waals surface area contributed by atoms with Gasteiger partial charge in [-0.05, 0) is 18.2 Å². The number of alkyl halides is 3. The Balaban J connectivity index is 1.33.